The quantitative estimate of drug-likeness (QED) is 0.642. The highest BCUT2D eigenvalue weighted by molar-refractivity contribution is 5.20. The van der Waals surface area contributed by atoms with E-state index in [1.165, 1.54) is 5.69 Å². The van der Waals surface area contributed by atoms with Gasteiger partial charge < -0.3 is 0 Å². The lowest BCUT2D eigenvalue weighted by atomic mass is 10.1. The molecule has 1 heteroatoms. The average molecular weight is 157 g/mol. The van der Waals surface area contributed by atoms with Crippen molar-refractivity contribution < 1.29 is 0 Å². The standard InChI is InChI=1S/C11H11N/c1-2-6-10(5-1)9-11-7-3-4-8-12-11/h1-8,10H,9H2. The smallest absolute Gasteiger partial charge is 0.0412 e. The third kappa shape index (κ3) is 1.62. The summed E-state index contributed by atoms with van der Waals surface area (Å²) in [7, 11) is 0. The molecule has 1 heterocycles. The fourth-order valence-corrected chi connectivity index (χ4v) is 1.37. The lowest BCUT2D eigenvalue weighted by Gasteiger charge is -2.02. The molecule has 0 aromatic carbocycles. The van der Waals surface area contributed by atoms with Crippen molar-refractivity contribution in [1.82, 2.24) is 4.98 Å². The van der Waals surface area contributed by atoms with E-state index in [1.54, 1.807) is 0 Å². The molecule has 0 saturated heterocycles. The van der Waals surface area contributed by atoms with E-state index in [0.717, 1.165) is 6.42 Å². The van der Waals surface area contributed by atoms with Crippen LogP contribution in [0.4, 0.5) is 0 Å². The molecule has 2 rings (SSSR count). The number of allylic oxidation sites excluding steroid dienone is 4. The number of nitrogens with zero attached hydrogens (tertiary/aromatic N) is 1. The topological polar surface area (TPSA) is 12.9 Å². The van der Waals surface area contributed by atoms with Gasteiger partial charge in [-0.15, -0.1) is 0 Å². The summed E-state index contributed by atoms with van der Waals surface area (Å²) >= 11 is 0. The first-order chi connectivity index (χ1) is 5.95. The van der Waals surface area contributed by atoms with Gasteiger partial charge in [-0.05, 0) is 18.6 Å². The Balaban J connectivity index is 2.04. The molecule has 0 fully saturated rings. The Morgan fingerprint density at radius 2 is 2.00 bits per heavy atom. The number of hydrogen-bond donors (Lipinski definition) is 0. The first kappa shape index (κ1) is 7.29. The molecule has 0 N–H and O–H groups in total. The van der Waals surface area contributed by atoms with E-state index in [9.17, 15) is 0 Å². The van der Waals surface area contributed by atoms with Crippen molar-refractivity contribution in [3.05, 3.63) is 54.4 Å². The minimum atomic E-state index is 0.555. The van der Waals surface area contributed by atoms with E-state index in [2.05, 4.69) is 35.4 Å². The largest absolute Gasteiger partial charge is 0.261 e. The molecule has 1 aliphatic carbocycles. The van der Waals surface area contributed by atoms with E-state index < -0.39 is 0 Å². The molecule has 1 nitrogen and oxygen atoms in total. The van der Waals surface area contributed by atoms with Crippen LogP contribution in [0.15, 0.2) is 48.7 Å². The van der Waals surface area contributed by atoms with Crippen LogP contribution in [0.2, 0.25) is 0 Å². The first-order valence-corrected chi connectivity index (χ1v) is 4.20. The first-order valence-electron chi connectivity index (χ1n) is 4.20. The summed E-state index contributed by atoms with van der Waals surface area (Å²) in [6.07, 6.45) is 11.5. The molecule has 0 amide bonds. The predicted molar refractivity (Wildman–Crippen MR) is 49.7 cm³/mol. The molecule has 0 spiro atoms. The third-order valence-corrected chi connectivity index (χ3v) is 2.00. The van der Waals surface area contributed by atoms with Gasteiger partial charge in [-0.3, -0.25) is 4.98 Å². The zero-order chi connectivity index (χ0) is 8.23. The molecular weight excluding hydrogens is 146 g/mol. The van der Waals surface area contributed by atoms with Crippen molar-refractivity contribution in [2.75, 3.05) is 0 Å². The summed E-state index contributed by atoms with van der Waals surface area (Å²) in [6, 6.07) is 6.05. The second-order valence-corrected chi connectivity index (χ2v) is 2.96. The minimum absolute atomic E-state index is 0.555. The van der Waals surface area contributed by atoms with E-state index in [1.807, 2.05) is 18.3 Å². The molecule has 0 saturated carbocycles. The zero-order valence-corrected chi connectivity index (χ0v) is 6.85. The highest BCUT2D eigenvalue weighted by atomic mass is 14.7. The summed E-state index contributed by atoms with van der Waals surface area (Å²) in [6.45, 7) is 0. The van der Waals surface area contributed by atoms with Crippen LogP contribution in [0.3, 0.4) is 0 Å². The maximum absolute atomic E-state index is 4.27. The molecule has 12 heavy (non-hydrogen) atoms. The summed E-state index contributed by atoms with van der Waals surface area (Å²) in [5, 5.41) is 0. The van der Waals surface area contributed by atoms with Crippen LogP contribution in [0.5, 0.6) is 0 Å². The van der Waals surface area contributed by atoms with E-state index in [-0.39, 0.29) is 0 Å². The second kappa shape index (κ2) is 3.35. The van der Waals surface area contributed by atoms with Crippen LogP contribution < -0.4 is 0 Å². The van der Waals surface area contributed by atoms with Crippen LogP contribution in [0.1, 0.15) is 5.69 Å². The van der Waals surface area contributed by atoms with E-state index >= 15 is 0 Å². The normalized spacial score (nSPS) is 15.7. The number of pyridine rings is 1. The van der Waals surface area contributed by atoms with Gasteiger partial charge in [0, 0.05) is 17.8 Å². The molecule has 60 valence electrons. The lowest BCUT2D eigenvalue weighted by Crippen LogP contribution is -1.97. The van der Waals surface area contributed by atoms with Gasteiger partial charge in [-0.25, -0.2) is 0 Å². The Hall–Kier alpha value is -1.37. The van der Waals surface area contributed by atoms with Crippen LogP contribution in [-0.2, 0) is 6.42 Å². The van der Waals surface area contributed by atoms with Crippen LogP contribution in [-0.4, -0.2) is 4.98 Å². The number of rotatable bonds is 2. The van der Waals surface area contributed by atoms with Gasteiger partial charge in [0.05, 0.1) is 0 Å². The van der Waals surface area contributed by atoms with Gasteiger partial charge in [-0.1, -0.05) is 30.4 Å². The number of aromatic nitrogens is 1. The lowest BCUT2D eigenvalue weighted by molar-refractivity contribution is 0.790. The Labute approximate surface area is 72.5 Å². The molecule has 0 unspecified atom stereocenters. The fraction of sp³-hybridized carbons (Fsp3) is 0.182. The summed E-state index contributed by atoms with van der Waals surface area (Å²) in [5.74, 6) is 0.555. The van der Waals surface area contributed by atoms with Crippen molar-refractivity contribution in [2.45, 2.75) is 6.42 Å². The molecule has 0 bridgehead atoms. The highest BCUT2D eigenvalue weighted by Crippen LogP contribution is 2.13. The van der Waals surface area contributed by atoms with Gasteiger partial charge >= 0.3 is 0 Å². The zero-order valence-electron chi connectivity index (χ0n) is 6.85. The number of hydrogen-bond acceptors (Lipinski definition) is 1. The van der Waals surface area contributed by atoms with Crippen molar-refractivity contribution in [3.8, 4) is 0 Å². The summed E-state index contributed by atoms with van der Waals surface area (Å²) < 4.78 is 0. The Morgan fingerprint density at radius 3 is 2.67 bits per heavy atom. The van der Waals surface area contributed by atoms with Gasteiger partial charge in [0.15, 0.2) is 0 Å². The third-order valence-electron chi connectivity index (χ3n) is 2.00. The summed E-state index contributed by atoms with van der Waals surface area (Å²) in [4.78, 5) is 4.27. The van der Waals surface area contributed by atoms with Crippen LogP contribution in [0.25, 0.3) is 0 Å². The Bertz CT molecular complexity index is 286. The maximum atomic E-state index is 4.27. The molecular formula is C11H11N. The fourth-order valence-electron chi connectivity index (χ4n) is 1.37. The molecule has 0 atom stereocenters. The van der Waals surface area contributed by atoms with Crippen molar-refractivity contribution in [3.63, 3.8) is 0 Å². The van der Waals surface area contributed by atoms with Crippen LogP contribution >= 0.6 is 0 Å². The predicted octanol–water partition coefficient (Wildman–Crippen LogP) is 2.37. The van der Waals surface area contributed by atoms with Gasteiger partial charge in [0.2, 0.25) is 0 Å². The van der Waals surface area contributed by atoms with E-state index in [0.29, 0.717) is 5.92 Å². The Morgan fingerprint density at radius 1 is 1.17 bits per heavy atom. The van der Waals surface area contributed by atoms with Crippen molar-refractivity contribution in [2.24, 2.45) is 5.92 Å². The summed E-state index contributed by atoms with van der Waals surface area (Å²) in [5.41, 5.74) is 1.17. The molecule has 0 radical (unpaired) electrons. The Kier molecular flexibility index (Phi) is 2.04. The second-order valence-electron chi connectivity index (χ2n) is 2.96. The van der Waals surface area contributed by atoms with Gasteiger partial charge in [0.25, 0.3) is 0 Å². The minimum Gasteiger partial charge on any atom is -0.261 e. The van der Waals surface area contributed by atoms with Crippen LogP contribution in [0, 0.1) is 5.92 Å². The van der Waals surface area contributed by atoms with Crippen molar-refractivity contribution in [1.29, 1.82) is 0 Å². The molecule has 1 aromatic rings. The van der Waals surface area contributed by atoms with Crippen molar-refractivity contribution >= 4 is 0 Å². The van der Waals surface area contributed by atoms with E-state index in [4.69, 9.17) is 0 Å². The van der Waals surface area contributed by atoms with Gasteiger partial charge in [-0.2, -0.15) is 0 Å². The SMILES string of the molecule is C1=CC(Cc2ccccn2)C=C1. The molecule has 1 aliphatic rings. The molecule has 1 aromatic heterocycles. The monoisotopic (exact) mass is 157 g/mol. The average Bonchev–Trinajstić information content (AvgIpc) is 2.59. The molecule has 0 aliphatic heterocycles. The highest BCUT2D eigenvalue weighted by Gasteiger charge is 2.04. The van der Waals surface area contributed by atoms with Gasteiger partial charge in [0.1, 0.15) is 0 Å². The maximum Gasteiger partial charge on any atom is 0.0412 e.